The smallest absolute Gasteiger partial charge is 0.324 e. The number of benzene rings is 1. The van der Waals surface area contributed by atoms with Crippen LogP contribution in [0.1, 0.15) is 38.7 Å². The van der Waals surface area contributed by atoms with Gasteiger partial charge in [0.25, 0.3) is 0 Å². The molecule has 130 valence electrons. The molecule has 0 saturated heterocycles. The number of amides is 1. The molecule has 2 aliphatic rings. The maximum absolute atomic E-state index is 12.9. The zero-order valence-electron chi connectivity index (χ0n) is 13.6. The van der Waals surface area contributed by atoms with E-state index in [2.05, 4.69) is 25.7 Å². The van der Waals surface area contributed by atoms with E-state index in [0.29, 0.717) is 18.8 Å². The summed E-state index contributed by atoms with van der Waals surface area (Å²) in [5, 5.41) is 2.71. The summed E-state index contributed by atoms with van der Waals surface area (Å²) in [5.74, 6) is 0.0783. The van der Waals surface area contributed by atoms with E-state index in [0.717, 1.165) is 30.2 Å². The summed E-state index contributed by atoms with van der Waals surface area (Å²) in [6.07, 6.45) is -2.18. The highest BCUT2D eigenvalue weighted by Crippen LogP contribution is 2.65. The zero-order chi connectivity index (χ0) is 17.9. The summed E-state index contributed by atoms with van der Waals surface area (Å²) in [5.41, 5.74) is -0.813. The molecule has 2 bridgehead atoms. The highest BCUT2D eigenvalue weighted by molar-refractivity contribution is 6.33. The van der Waals surface area contributed by atoms with Crippen LogP contribution in [0.3, 0.4) is 0 Å². The SMILES string of the molecule is C=C1C2(C(=O)Nc3cc(C(F)(F)F)ccc3Cl)CCC(C2)C1(C)C. The van der Waals surface area contributed by atoms with Crippen molar-refractivity contribution in [2.24, 2.45) is 16.7 Å². The Bertz CT molecular complexity index is 725. The maximum atomic E-state index is 12.9. The van der Waals surface area contributed by atoms with Gasteiger partial charge in [0.2, 0.25) is 5.91 Å². The number of nitrogens with one attached hydrogen (secondary N) is 1. The van der Waals surface area contributed by atoms with Crippen LogP contribution in [0, 0.1) is 16.7 Å². The van der Waals surface area contributed by atoms with Crippen LogP contribution < -0.4 is 5.32 Å². The lowest BCUT2D eigenvalue weighted by Crippen LogP contribution is -2.37. The van der Waals surface area contributed by atoms with E-state index < -0.39 is 17.2 Å². The van der Waals surface area contributed by atoms with E-state index in [-0.39, 0.29) is 22.0 Å². The molecule has 2 aliphatic carbocycles. The highest BCUT2D eigenvalue weighted by atomic mass is 35.5. The Kier molecular flexibility index (Phi) is 3.79. The van der Waals surface area contributed by atoms with Crippen LogP contribution in [0.25, 0.3) is 0 Å². The van der Waals surface area contributed by atoms with Crippen molar-refractivity contribution >= 4 is 23.2 Å². The Balaban J connectivity index is 1.90. The van der Waals surface area contributed by atoms with Gasteiger partial charge in [0.1, 0.15) is 0 Å². The molecule has 3 rings (SSSR count). The molecule has 2 nitrogen and oxygen atoms in total. The number of carbonyl (C=O) groups excluding carboxylic acids is 1. The Morgan fingerprint density at radius 3 is 2.58 bits per heavy atom. The van der Waals surface area contributed by atoms with Crippen molar-refractivity contribution in [2.75, 3.05) is 5.32 Å². The number of hydrogen-bond acceptors (Lipinski definition) is 1. The van der Waals surface area contributed by atoms with E-state index >= 15 is 0 Å². The molecule has 2 unspecified atom stereocenters. The van der Waals surface area contributed by atoms with Crippen LogP contribution in [0.4, 0.5) is 18.9 Å². The Hall–Kier alpha value is -1.49. The van der Waals surface area contributed by atoms with E-state index in [1.54, 1.807) is 0 Å². The average molecular weight is 358 g/mol. The van der Waals surface area contributed by atoms with Crippen LogP contribution in [0.15, 0.2) is 30.4 Å². The molecule has 2 atom stereocenters. The summed E-state index contributed by atoms with van der Waals surface area (Å²) in [6.45, 7) is 8.28. The monoisotopic (exact) mass is 357 g/mol. The Morgan fingerprint density at radius 2 is 2.04 bits per heavy atom. The summed E-state index contributed by atoms with van der Waals surface area (Å²) in [7, 11) is 0. The first-order valence-corrected chi connectivity index (χ1v) is 8.24. The molecule has 1 aromatic carbocycles. The normalized spacial score (nSPS) is 28.2. The fraction of sp³-hybridized carbons (Fsp3) is 0.500. The molecule has 0 aliphatic heterocycles. The van der Waals surface area contributed by atoms with Gasteiger partial charge in [-0.15, -0.1) is 0 Å². The van der Waals surface area contributed by atoms with Crippen LogP contribution >= 0.6 is 11.6 Å². The first kappa shape index (κ1) is 17.3. The Morgan fingerprint density at radius 1 is 1.38 bits per heavy atom. The average Bonchev–Trinajstić information content (AvgIpc) is 3.00. The third-order valence-corrected chi connectivity index (χ3v) is 6.20. The Labute approximate surface area is 144 Å². The third-order valence-electron chi connectivity index (χ3n) is 5.87. The van der Waals surface area contributed by atoms with Gasteiger partial charge in [0.05, 0.1) is 21.7 Å². The number of hydrogen-bond donors (Lipinski definition) is 1. The number of fused-ring (bicyclic) bond motifs is 2. The number of carbonyl (C=O) groups is 1. The van der Waals surface area contributed by atoms with Gasteiger partial charge in [-0.05, 0) is 48.8 Å². The second-order valence-electron chi connectivity index (χ2n) is 7.37. The second kappa shape index (κ2) is 5.25. The number of halogens is 4. The molecule has 0 radical (unpaired) electrons. The van der Waals surface area contributed by atoms with Crippen molar-refractivity contribution in [1.82, 2.24) is 0 Å². The van der Waals surface area contributed by atoms with Crippen molar-refractivity contribution in [2.45, 2.75) is 39.3 Å². The topological polar surface area (TPSA) is 29.1 Å². The fourth-order valence-electron chi connectivity index (χ4n) is 4.18. The van der Waals surface area contributed by atoms with Crippen molar-refractivity contribution in [3.05, 3.63) is 40.9 Å². The lowest BCUT2D eigenvalue weighted by molar-refractivity contribution is -0.137. The summed E-state index contributed by atoms with van der Waals surface area (Å²) >= 11 is 5.98. The van der Waals surface area contributed by atoms with Crippen molar-refractivity contribution < 1.29 is 18.0 Å². The van der Waals surface area contributed by atoms with Gasteiger partial charge in [-0.25, -0.2) is 0 Å². The zero-order valence-corrected chi connectivity index (χ0v) is 14.3. The van der Waals surface area contributed by atoms with Gasteiger partial charge in [-0.3, -0.25) is 4.79 Å². The number of alkyl halides is 3. The molecule has 0 heterocycles. The molecule has 0 spiro atoms. The molecule has 1 amide bonds. The van der Waals surface area contributed by atoms with Crippen LogP contribution in [-0.4, -0.2) is 5.91 Å². The lowest BCUT2D eigenvalue weighted by Gasteiger charge is -2.37. The van der Waals surface area contributed by atoms with Crippen molar-refractivity contribution in [3.8, 4) is 0 Å². The van der Waals surface area contributed by atoms with E-state index in [1.165, 1.54) is 0 Å². The summed E-state index contributed by atoms with van der Waals surface area (Å²) in [6, 6.07) is 2.94. The van der Waals surface area contributed by atoms with E-state index in [9.17, 15) is 18.0 Å². The molecule has 1 N–H and O–H groups in total. The molecule has 1 aromatic rings. The van der Waals surface area contributed by atoms with Crippen molar-refractivity contribution in [1.29, 1.82) is 0 Å². The van der Waals surface area contributed by atoms with Gasteiger partial charge in [0.15, 0.2) is 0 Å². The molecule has 2 fully saturated rings. The van der Waals surface area contributed by atoms with Gasteiger partial charge in [-0.2, -0.15) is 13.2 Å². The minimum atomic E-state index is -4.49. The molecule has 24 heavy (non-hydrogen) atoms. The van der Waals surface area contributed by atoms with Gasteiger partial charge in [-0.1, -0.05) is 37.6 Å². The molecular weight excluding hydrogens is 339 g/mol. The van der Waals surface area contributed by atoms with Crippen LogP contribution in [-0.2, 0) is 11.0 Å². The van der Waals surface area contributed by atoms with Crippen LogP contribution in [0.5, 0.6) is 0 Å². The summed E-state index contributed by atoms with van der Waals surface area (Å²) in [4.78, 5) is 12.9. The maximum Gasteiger partial charge on any atom is 0.416 e. The van der Waals surface area contributed by atoms with Gasteiger partial charge < -0.3 is 5.32 Å². The fourth-order valence-corrected chi connectivity index (χ4v) is 4.35. The first-order valence-electron chi connectivity index (χ1n) is 7.86. The number of anilines is 1. The standard InChI is InChI=1S/C18H19ClF3NO/c1-10-16(2,3)12-6-7-17(10,9-12)15(24)23-14-8-11(18(20,21)22)4-5-13(14)19/h4-5,8,12H,1,6-7,9H2,2-3H3,(H,23,24). The third kappa shape index (κ3) is 2.44. The highest BCUT2D eigenvalue weighted by Gasteiger charge is 2.60. The van der Waals surface area contributed by atoms with E-state index in [1.807, 2.05) is 0 Å². The lowest BCUT2D eigenvalue weighted by atomic mass is 9.68. The molecule has 0 aromatic heterocycles. The predicted octanol–water partition coefficient (Wildman–Crippen LogP) is 5.68. The predicted molar refractivity (Wildman–Crippen MR) is 87.8 cm³/mol. The number of rotatable bonds is 2. The van der Waals surface area contributed by atoms with Crippen LogP contribution in [0.2, 0.25) is 5.02 Å². The molecular formula is C18H19ClF3NO. The largest absolute Gasteiger partial charge is 0.416 e. The minimum absolute atomic E-state index is 0.00757. The minimum Gasteiger partial charge on any atom is -0.324 e. The van der Waals surface area contributed by atoms with E-state index in [4.69, 9.17) is 11.6 Å². The van der Waals surface area contributed by atoms with Gasteiger partial charge in [0, 0.05) is 0 Å². The first-order chi connectivity index (χ1) is 11.0. The molecule has 2 saturated carbocycles. The quantitative estimate of drug-likeness (QED) is 0.678. The van der Waals surface area contributed by atoms with Crippen molar-refractivity contribution in [3.63, 3.8) is 0 Å². The van der Waals surface area contributed by atoms with Gasteiger partial charge >= 0.3 is 6.18 Å². The molecule has 6 heteroatoms. The summed E-state index contributed by atoms with van der Waals surface area (Å²) < 4.78 is 38.6. The second-order valence-corrected chi connectivity index (χ2v) is 7.78.